The van der Waals surface area contributed by atoms with Crippen molar-refractivity contribution in [1.82, 2.24) is 20.2 Å². The van der Waals surface area contributed by atoms with Crippen molar-refractivity contribution in [1.29, 1.82) is 0 Å². The van der Waals surface area contributed by atoms with E-state index in [2.05, 4.69) is 20.7 Å². The molecule has 8 nitrogen and oxygen atoms in total. The van der Waals surface area contributed by atoms with Gasteiger partial charge in [-0.2, -0.15) is 5.10 Å². The number of hydrogen-bond acceptors (Lipinski definition) is 7. The highest BCUT2D eigenvalue weighted by molar-refractivity contribution is 7.99. The molecule has 0 saturated heterocycles. The van der Waals surface area contributed by atoms with Crippen molar-refractivity contribution in [2.45, 2.75) is 25.5 Å². The summed E-state index contributed by atoms with van der Waals surface area (Å²) in [5.74, 6) is 2.19. The molecule has 0 fully saturated rings. The second kappa shape index (κ2) is 11.2. The van der Waals surface area contributed by atoms with Crippen LogP contribution in [0.25, 0.3) is 11.4 Å². The van der Waals surface area contributed by atoms with Crippen molar-refractivity contribution in [3.05, 3.63) is 54.1 Å². The summed E-state index contributed by atoms with van der Waals surface area (Å²) in [5, 5.41) is 13.3. The van der Waals surface area contributed by atoms with Gasteiger partial charge in [0.05, 0.1) is 25.7 Å². The highest BCUT2D eigenvalue weighted by Crippen LogP contribution is 2.25. The van der Waals surface area contributed by atoms with Crippen molar-refractivity contribution in [2.24, 2.45) is 5.10 Å². The van der Waals surface area contributed by atoms with Gasteiger partial charge < -0.3 is 14.0 Å². The van der Waals surface area contributed by atoms with Gasteiger partial charge in [-0.15, -0.1) is 10.2 Å². The molecule has 31 heavy (non-hydrogen) atoms. The van der Waals surface area contributed by atoms with E-state index in [4.69, 9.17) is 9.47 Å². The number of benzene rings is 2. The molecule has 1 heterocycles. The average molecular weight is 440 g/mol. The fourth-order valence-corrected chi connectivity index (χ4v) is 3.64. The molecule has 0 aliphatic rings. The van der Waals surface area contributed by atoms with Crippen LogP contribution < -0.4 is 14.9 Å². The molecule has 3 rings (SSSR count). The van der Waals surface area contributed by atoms with Gasteiger partial charge in [-0.25, -0.2) is 5.43 Å². The Morgan fingerprint density at radius 1 is 1.16 bits per heavy atom. The number of hydrogen-bond donors (Lipinski definition) is 1. The molecule has 0 aliphatic heterocycles. The number of nitrogens with zero attached hydrogens (tertiary/aromatic N) is 4. The molecule has 1 amide bonds. The lowest BCUT2D eigenvalue weighted by molar-refractivity contribution is -0.118. The first-order chi connectivity index (χ1) is 15.2. The Morgan fingerprint density at radius 3 is 2.65 bits per heavy atom. The lowest BCUT2D eigenvalue weighted by atomic mass is 10.2. The molecule has 0 aliphatic carbocycles. The molecule has 1 aromatic heterocycles. The van der Waals surface area contributed by atoms with Crippen molar-refractivity contribution >= 4 is 23.9 Å². The van der Waals surface area contributed by atoms with Crippen LogP contribution in [0, 0.1) is 0 Å². The Labute approximate surface area is 185 Å². The molecular formula is C22H25N5O3S. The summed E-state index contributed by atoms with van der Waals surface area (Å²) in [6.45, 7) is 5.18. The van der Waals surface area contributed by atoms with Gasteiger partial charge in [0.1, 0.15) is 11.5 Å². The average Bonchev–Trinajstić information content (AvgIpc) is 3.22. The first-order valence-electron chi connectivity index (χ1n) is 9.90. The smallest absolute Gasteiger partial charge is 0.250 e. The monoisotopic (exact) mass is 439 g/mol. The van der Waals surface area contributed by atoms with Crippen LogP contribution in [0.5, 0.6) is 11.5 Å². The van der Waals surface area contributed by atoms with Gasteiger partial charge in [-0.05, 0) is 50.2 Å². The van der Waals surface area contributed by atoms with E-state index in [1.165, 1.54) is 11.8 Å². The molecule has 2 aromatic carbocycles. The predicted octanol–water partition coefficient (Wildman–Crippen LogP) is 3.61. The van der Waals surface area contributed by atoms with E-state index < -0.39 is 0 Å². The van der Waals surface area contributed by atoms with Crippen LogP contribution in [-0.4, -0.2) is 46.4 Å². The zero-order valence-electron chi connectivity index (χ0n) is 17.7. The van der Waals surface area contributed by atoms with Crippen LogP contribution in [0.3, 0.4) is 0 Å². The van der Waals surface area contributed by atoms with E-state index >= 15 is 0 Å². The molecule has 0 unspecified atom stereocenters. The van der Waals surface area contributed by atoms with Gasteiger partial charge in [0.2, 0.25) is 0 Å². The van der Waals surface area contributed by atoms with Crippen LogP contribution in [0.1, 0.15) is 19.4 Å². The fourth-order valence-electron chi connectivity index (χ4n) is 2.84. The summed E-state index contributed by atoms with van der Waals surface area (Å²) in [5.41, 5.74) is 4.27. The zero-order chi connectivity index (χ0) is 22.1. The molecule has 162 valence electrons. The molecular weight excluding hydrogens is 414 g/mol. The van der Waals surface area contributed by atoms with Crippen molar-refractivity contribution in [3.63, 3.8) is 0 Å². The number of ether oxygens (including phenoxy) is 2. The first kappa shape index (κ1) is 22.4. The minimum Gasteiger partial charge on any atom is -0.497 e. The van der Waals surface area contributed by atoms with E-state index in [1.807, 2.05) is 66.9 Å². The van der Waals surface area contributed by atoms with Gasteiger partial charge in [0.15, 0.2) is 11.0 Å². The van der Waals surface area contributed by atoms with E-state index in [9.17, 15) is 4.79 Å². The number of amides is 1. The maximum atomic E-state index is 12.2. The number of carbonyl (C=O) groups excluding carboxylic acids is 1. The number of para-hydroxylation sites is 1. The molecule has 0 bridgehead atoms. The van der Waals surface area contributed by atoms with Crippen LogP contribution in [-0.2, 0) is 11.3 Å². The second-order valence-electron chi connectivity index (χ2n) is 6.33. The highest BCUT2D eigenvalue weighted by atomic mass is 32.2. The predicted molar refractivity (Wildman–Crippen MR) is 122 cm³/mol. The Hall–Kier alpha value is -3.33. The zero-order valence-corrected chi connectivity index (χ0v) is 18.6. The van der Waals surface area contributed by atoms with Crippen LogP contribution >= 0.6 is 11.8 Å². The van der Waals surface area contributed by atoms with Gasteiger partial charge in [-0.1, -0.05) is 23.9 Å². The quantitative estimate of drug-likeness (QED) is 0.295. The summed E-state index contributed by atoms with van der Waals surface area (Å²) in [6, 6.07) is 15.1. The molecule has 0 radical (unpaired) electrons. The molecule has 0 spiro atoms. The number of hydrazone groups is 1. The van der Waals surface area contributed by atoms with Crippen LogP contribution in [0.2, 0.25) is 0 Å². The van der Waals surface area contributed by atoms with Gasteiger partial charge in [-0.3, -0.25) is 4.79 Å². The molecule has 0 saturated carbocycles. The molecule has 1 N–H and O–H groups in total. The SMILES string of the molecule is CCOc1ccccc1C=NNC(=O)CSc1nnc(-c2ccc(OC)cc2)n1CC. The largest absolute Gasteiger partial charge is 0.497 e. The van der Waals surface area contributed by atoms with E-state index in [-0.39, 0.29) is 11.7 Å². The standard InChI is InChI=1S/C22H25N5O3S/c1-4-27-21(16-10-12-18(29-3)13-11-16)25-26-22(27)31-15-20(28)24-23-14-17-8-6-7-9-19(17)30-5-2/h6-14H,4-5,15H2,1-3H3,(H,24,28). The van der Waals surface area contributed by atoms with Crippen molar-refractivity contribution in [3.8, 4) is 22.9 Å². The summed E-state index contributed by atoms with van der Waals surface area (Å²) in [6.07, 6.45) is 1.57. The Bertz CT molecular complexity index is 1030. The van der Waals surface area contributed by atoms with Crippen molar-refractivity contribution in [2.75, 3.05) is 19.5 Å². The summed E-state index contributed by atoms with van der Waals surface area (Å²) >= 11 is 1.31. The first-order valence-corrected chi connectivity index (χ1v) is 10.9. The number of methoxy groups -OCH3 is 1. The third kappa shape index (κ3) is 5.85. The fraction of sp³-hybridized carbons (Fsp3) is 0.273. The summed E-state index contributed by atoms with van der Waals surface area (Å²) < 4.78 is 12.7. The van der Waals surface area contributed by atoms with Crippen molar-refractivity contribution < 1.29 is 14.3 Å². The lowest BCUT2D eigenvalue weighted by Crippen LogP contribution is -2.20. The van der Waals surface area contributed by atoms with Gasteiger partial charge >= 0.3 is 0 Å². The Kier molecular flexibility index (Phi) is 8.05. The van der Waals surface area contributed by atoms with E-state index in [0.29, 0.717) is 18.3 Å². The Morgan fingerprint density at radius 2 is 1.94 bits per heavy atom. The number of aromatic nitrogens is 3. The third-order valence-electron chi connectivity index (χ3n) is 4.33. The topological polar surface area (TPSA) is 90.6 Å². The maximum Gasteiger partial charge on any atom is 0.250 e. The number of nitrogens with one attached hydrogen (secondary N) is 1. The van der Waals surface area contributed by atoms with E-state index in [0.717, 1.165) is 28.5 Å². The number of rotatable bonds is 10. The maximum absolute atomic E-state index is 12.2. The molecule has 9 heteroatoms. The van der Waals surface area contributed by atoms with Gasteiger partial charge in [0.25, 0.3) is 5.91 Å². The lowest BCUT2D eigenvalue weighted by Gasteiger charge is -2.08. The molecule has 3 aromatic rings. The van der Waals surface area contributed by atoms with Gasteiger partial charge in [0, 0.05) is 17.7 Å². The minimum absolute atomic E-state index is 0.172. The normalized spacial score (nSPS) is 10.9. The summed E-state index contributed by atoms with van der Waals surface area (Å²) in [4.78, 5) is 12.2. The van der Waals surface area contributed by atoms with Crippen LogP contribution in [0.15, 0.2) is 58.8 Å². The third-order valence-corrected chi connectivity index (χ3v) is 5.29. The van der Waals surface area contributed by atoms with Crippen LogP contribution in [0.4, 0.5) is 0 Å². The number of carbonyl (C=O) groups is 1. The molecule has 0 atom stereocenters. The Balaban J connectivity index is 1.59. The summed E-state index contributed by atoms with van der Waals surface area (Å²) in [7, 11) is 1.63. The minimum atomic E-state index is -0.230. The second-order valence-corrected chi connectivity index (χ2v) is 7.27. The number of thioether (sulfide) groups is 1. The highest BCUT2D eigenvalue weighted by Gasteiger charge is 2.14. The van der Waals surface area contributed by atoms with E-state index in [1.54, 1.807) is 13.3 Å².